The van der Waals surface area contributed by atoms with Gasteiger partial charge >= 0.3 is 0 Å². The molecule has 8 heteroatoms. The summed E-state index contributed by atoms with van der Waals surface area (Å²) in [4.78, 5) is 20.0. The fourth-order valence-electron chi connectivity index (χ4n) is 2.72. The highest BCUT2D eigenvalue weighted by Crippen LogP contribution is 2.28. The monoisotopic (exact) mass is 386 g/mol. The lowest BCUT2D eigenvalue weighted by Gasteiger charge is -2.35. The summed E-state index contributed by atoms with van der Waals surface area (Å²) in [6.45, 7) is 2.23. The third-order valence-corrected chi connectivity index (χ3v) is 5.41. The van der Waals surface area contributed by atoms with Gasteiger partial charge in [-0.25, -0.2) is 4.98 Å². The van der Waals surface area contributed by atoms with Crippen LogP contribution in [0.1, 0.15) is 11.9 Å². The molecule has 2 aromatic rings. The number of carbonyl (C=O) groups is 1. The van der Waals surface area contributed by atoms with Crippen molar-refractivity contribution in [2.24, 2.45) is 7.05 Å². The van der Waals surface area contributed by atoms with E-state index in [9.17, 15) is 4.79 Å². The summed E-state index contributed by atoms with van der Waals surface area (Å²) in [5, 5.41) is 4.03. The van der Waals surface area contributed by atoms with E-state index in [1.165, 1.54) is 11.8 Å². The first-order valence-corrected chi connectivity index (χ1v) is 8.88. The summed E-state index contributed by atoms with van der Waals surface area (Å²) >= 11 is 7.64. The standard InChI is InChI=1S/C16H19ClN4OS.ClH/c1-20-8-7-19-16(20)13-10-18-6-9-21(13)15(22)11-23-14-5-3-2-4-12(14)17;/h2-5,7-8,13,18H,6,9-11H2,1H3;1H. The Labute approximate surface area is 157 Å². The third-order valence-electron chi connectivity index (χ3n) is 3.91. The maximum absolute atomic E-state index is 12.7. The minimum Gasteiger partial charge on any atom is -0.336 e. The Morgan fingerprint density at radius 3 is 2.96 bits per heavy atom. The molecule has 0 bridgehead atoms. The van der Waals surface area contributed by atoms with Gasteiger partial charge in [0.25, 0.3) is 0 Å². The third kappa shape index (κ3) is 4.25. The van der Waals surface area contributed by atoms with Crippen molar-refractivity contribution in [1.82, 2.24) is 19.8 Å². The second-order valence-corrected chi connectivity index (χ2v) is 6.85. The second kappa shape index (κ2) is 8.76. The van der Waals surface area contributed by atoms with Crippen LogP contribution in [0.3, 0.4) is 0 Å². The van der Waals surface area contributed by atoms with Crippen LogP contribution in [0.25, 0.3) is 0 Å². The predicted molar refractivity (Wildman–Crippen MR) is 100.0 cm³/mol. The second-order valence-electron chi connectivity index (χ2n) is 5.42. The van der Waals surface area contributed by atoms with Crippen LogP contribution in [0.2, 0.25) is 5.02 Å². The van der Waals surface area contributed by atoms with Gasteiger partial charge in [0, 0.05) is 44.0 Å². The van der Waals surface area contributed by atoms with Gasteiger partial charge in [-0.2, -0.15) is 0 Å². The zero-order chi connectivity index (χ0) is 16.2. The van der Waals surface area contributed by atoms with Gasteiger partial charge in [-0.05, 0) is 12.1 Å². The van der Waals surface area contributed by atoms with Crippen molar-refractivity contribution in [3.05, 3.63) is 47.5 Å². The quantitative estimate of drug-likeness (QED) is 0.820. The van der Waals surface area contributed by atoms with E-state index in [2.05, 4.69) is 10.3 Å². The van der Waals surface area contributed by atoms with Crippen molar-refractivity contribution in [1.29, 1.82) is 0 Å². The molecule has 1 aliphatic rings. The summed E-state index contributed by atoms with van der Waals surface area (Å²) in [5.74, 6) is 1.41. The molecule has 0 spiro atoms. The molecule has 1 unspecified atom stereocenters. The van der Waals surface area contributed by atoms with Gasteiger partial charge in [0.05, 0.1) is 10.8 Å². The Balaban J connectivity index is 0.00000208. The minimum absolute atomic E-state index is 0. The molecule has 1 N–H and O–H groups in total. The highest BCUT2D eigenvalue weighted by Gasteiger charge is 2.30. The highest BCUT2D eigenvalue weighted by molar-refractivity contribution is 8.00. The molecule has 24 heavy (non-hydrogen) atoms. The first kappa shape index (κ1) is 19.1. The predicted octanol–water partition coefficient (Wildman–Crippen LogP) is 2.76. The van der Waals surface area contributed by atoms with E-state index in [-0.39, 0.29) is 24.4 Å². The summed E-state index contributed by atoms with van der Waals surface area (Å²) in [6.07, 6.45) is 3.68. The lowest BCUT2D eigenvalue weighted by atomic mass is 10.1. The summed E-state index contributed by atoms with van der Waals surface area (Å²) < 4.78 is 1.97. The fourth-order valence-corrected chi connectivity index (χ4v) is 3.84. The molecule has 0 radical (unpaired) electrons. The lowest BCUT2D eigenvalue weighted by molar-refractivity contribution is -0.131. The first-order valence-electron chi connectivity index (χ1n) is 7.51. The van der Waals surface area contributed by atoms with Crippen LogP contribution in [-0.2, 0) is 11.8 Å². The van der Waals surface area contributed by atoms with Crippen LogP contribution in [0.5, 0.6) is 0 Å². The minimum atomic E-state index is -0.0249. The molecule has 0 saturated carbocycles. The SMILES string of the molecule is Cl.Cn1ccnc1C1CNCCN1C(=O)CSc1ccccc1Cl. The number of thioether (sulfide) groups is 1. The van der Waals surface area contributed by atoms with Crippen LogP contribution in [-0.4, -0.2) is 45.7 Å². The Bertz CT molecular complexity index is 694. The van der Waals surface area contributed by atoms with Crippen LogP contribution < -0.4 is 5.32 Å². The molecule has 2 heterocycles. The van der Waals surface area contributed by atoms with Crippen LogP contribution >= 0.6 is 35.8 Å². The number of piperazine rings is 1. The fraction of sp³-hybridized carbons (Fsp3) is 0.375. The number of hydrogen-bond acceptors (Lipinski definition) is 4. The molecule has 1 aromatic heterocycles. The Morgan fingerprint density at radius 1 is 1.46 bits per heavy atom. The molecule has 3 rings (SSSR count). The molecular formula is C16H20Cl2N4OS. The number of aryl methyl sites for hydroxylation is 1. The van der Waals surface area contributed by atoms with Crippen LogP contribution in [0, 0.1) is 0 Å². The molecule has 1 fully saturated rings. The first-order chi connectivity index (χ1) is 11.2. The number of aromatic nitrogens is 2. The van der Waals surface area contributed by atoms with Crippen LogP contribution in [0.4, 0.5) is 0 Å². The number of nitrogens with zero attached hydrogens (tertiary/aromatic N) is 3. The summed E-state index contributed by atoms with van der Waals surface area (Å²) in [7, 11) is 1.96. The zero-order valence-electron chi connectivity index (χ0n) is 13.3. The van der Waals surface area contributed by atoms with Gasteiger partial charge in [-0.3, -0.25) is 4.79 Å². The van der Waals surface area contributed by atoms with Gasteiger partial charge < -0.3 is 14.8 Å². The van der Waals surface area contributed by atoms with E-state index in [4.69, 9.17) is 11.6 Å². The van der Waals surface area contributed by atoms with Gasteiger partial charge in [0.15, 0.2) is 0 Å². The number of amides is 1. The van der Waals surface area contributed by atoms with E-state index in [1.807, 2.05) is 47.0 Å². The van der Waals surface area contributed by atoms with Crippen molar-refractivity contribution < 1.29 is 4.79 Å². The number of hydrogen-bond donors (Lipinski definition) is 1. The largest absolute Gasteiger partial charge is 0.336 e. The van der Waals surface area contributed by atoms with Crippen molar-refractivity contribution in [3.8, 4) is 0 Å². The number of nitrogens with one attached hydrogen (secondary N) is 1. The number of halogens is 2. The van der Waals surface area contributed by atoms with Crippen molar-refractivity contribution in [2.75, 3.05) is 25.4 Å². The van der Waals surface area contributed by atoms with E-state index in [1.54, 1.807) is 6.20 Å². The molecule has 1 atom stereocenters. The number of rotatable bonds is 4. The highest BCUT2D eigenvalue weighted by atomic mass is 35.5. The zero-order valence-corrected chi connectivity index (χ0v) is 15.7. The molecule has 0 aliphatic carbocycles. The van der Waals surface area contributed by atoms with E-state index < -0.39 is 0 Å². The van der Waals surface area contributed by atoms with Crippen LogP contribution in [0.15, 0.2) is 41.6 Å². The molecule has 1 amide bonds. The Hall–Kier alpha value is -1.21. The average Bonchev–Trinajstić information content (AvgIpc) is 3.00. The Kier molecular flexibility index (Phi) is 6.98. The molecule has 1 saturated heterocycles. The maximum atomic E-state index is 12.7. The molecule has 1 aromatic carbocycles. The molecule has 5 nitrogen and oxygen atoms in total. The van der Waals surface area contributed by atoms with Crippen molar-refractivity contribution in [2.45, 2.75) is 10.9 Å². The maximum Gasteiger partial charge on any atom is 0.233 e. The number of imidazole rings is 1. The molecule has 130 valence electrons. The normalized spacial score (nSPS) is 17.4. The van der Waals surface area contributed by atoms with Crippen molar-refractivity contribution in [3.63, 3.8) is 0 Å². The molecule has 1 aliphatic heterocycles. The average molecular weight is 387 g/mol. The van der Waals surface area contributed by atoms with Gasteiger partial charge in [-0.15, -0.1) is 24.2 Å². The molecular weight excluding hydrogens is 367 g/mol. The van der Waals surface area contributed by atoms with Gasteiger partial charge in [0.1, 0.15) is 11.9 Å². The van der Waals surface area contributed by atoms with Gasteiger partial charge in [-0.1, -0.05) is 23.7 Å². The Morgan fingerprint density at radius 2 is 2.25 bits per heavy atom. The van der Waals surface area contributed by atoms with Crippen molar-refractivity contribution >= 4 is 41.7 Å². The topological polar surface area (TPSA) is 50.2 Å². The van der Waals surface area contributed by atoms with E-state index in [0.29, 0.717) is 17.3 Å². The number of carbonyl (C=O) groups excluding carboxylic acids is 1. The number of benzene rings is 1. The summed E-state index contributed by atoms with van der Waals surface area (Å²) in [5.41, 5.74) is 0. The summed E-state index contributed by atoms with van der Waals surface area (Å²) in [6, 6.07) is 7.58. The lowest BCUT2D eigenvalue weighted by Crippen LogP contribution is -2.50. The van der Waals surface area contributed by atoms with E-state index in [0.717, 1.165) is 23.8 Å². The smallest absolute Gasteiger partial charge is 0.233 e. The van der Waals surface area contributed by atoms with Gasteiger partial charge in [0.2, 0.25) is 5.91 Å². The van der Waals surface area contributed by atoms with E-state index >= 15 is 0 Å².